The molecule has 0 fully saturated rings. The molecule has 5 heteroatoms. The summed E-state index contributed by atoms with van der Waals surface area (Å²) in [5.74, 6) is 2.60. The van der Waals surface area contributed by atoms with Crippen LogP contribution in [0.5, 0.6) is 28.7 Å². The van der Waals surface area contributed by atoms with E-state index in [1.165, 1.54) is 0 Å². The zero-order valence-corrected chi connectivity index (χ0v) is 15.7. The van der Waals surface area contributed by atoms with Crippen molar-refractivity contribution in [2.45, 2.75) is 13.3 Å². The van der Waals surface area contributed by atoms with Crippen LogP contribution in [0.4, 0.5) is 0 Å². The van der Waals surface area contributed by atoms with Crippen molar-refractivity contribution in [3.8, 4) is 28.7 Å². The maximum atomic E-state index is 12.0. The van der Waals surface area contributed by atoms with E-state index >= 15 is 0 Å². The van der Waals surface area contributed by atoms with E-state index in [4.69, 9.17) is 18.9 Å². The first-order chi connectivity index (χ1) is 13.7. The Kier molecular flexibility index (Phi) is 6.90. The monoisotopic (exact) mass is 378 g/mol. The number of carbonyl (C=O) groups is 1. The van der Waals surface area contributed by atoms with Gasteiger partial charge in [-0.1, -0.05) is 31.2 Å². The van der Waals surface area contributed by atoms with E-state index in [9.17, 15) is 4.79 Å². The van der Waals surface area contributed by atoms with Gasteiger partial charge < -0.3 is 18.9 Å². The highest BCUT2D eigenvalue weighted by Crippen LogP contribution is 2.24. The second-order valence-electron chi connectivity index (χ2n) is 5.97. The number of carbonyl (C=O) groups excluding carboxylic acids is 1. The third-order valence-electron chi connectivity index (χ3n) is 3.67. The summed E-state index contributed by atoms with van der Waals surface area (Å²) in [6.07, 6.45) is 0.923. The number of hydrogen-bond donors (Lipinski definition) is 0. The predicted octanol–water partition coefficient (Wildman–Crippen LogP) is 5.25. The Balaban J connectivity index is 1.48. The van der Waals surface area contributed by atoms with Gasteiger partial charge in [0.25, 0.3) is 0 Å². The fourth-order valence-electron chi connectivity index (χ4n) is 2.38. The highest BCUT2D eigenvalue weighted by atomic mass is 16.6. The summed E-state index contributed by atoms with van der Waals surface area (Å²) in [7, 11) is 0. The molecule has 0 aliphatic carbocycles. The Morgan fingerprint density at radius 1 is 0.714 bits per heavy atom. The molecule has 0 N–H and O–H groups in total. The van der Waals surface area contributed by atoms with Crippen molar-refractivity contribution in [3.63, 3.8) is 0 Å². The van der Waals surface area contributed by atoms with Crippen LogP contribution in [0.15, 0.2) is 78.9 Å². The van der Waals surface area contributed by atoms with E-state index in [1.54, 1.807) is 36.4 Å². The van der Waals surface area contributed by atoms with E-state index in [0.717, 1.165) is 12.2 Å². The lowest BCUT2D eigenvalue weighted by molar-refractivity contribution is -0.136. The van der Waals surface area contributed by atoms with Gasteiger partial charge in [-0.3, -0.25) is 0 Å². The first-order valence-corrected chi connectivity index (χ1v) is 9.12. The van der Waals surface area contributed by atoms with Crippen LogP contribution in [0.25, 0.3) is 0 Å². The lowest BCUT2D eigenvalue weighted by atomic mass is 10.3. The van der Waals surface area contributed by atoms with Crippen LogP contribution in [0.1, 0.15) is 13.3 Å². The molecule has 0 unspecified atom stereocenters. The second kappa shape index (κ2) is 10.0. The largest absolute Gasteiger partial charge is 0.493 e. The third-order valence-corrected chi connectivity index (χ3v) is 3.67. The SMILES string of the molecule is CCCOc1cccc(OCC(=O)Oc2ccc(Oc3ccccc3)cc2)c1. The summed E-state index contributed by atoms with van der Waals surface area (Å²) in [5, 5.41) is 0. The molecule has 3 aromatic carbocycles. The molecular weight excluding hydrogens is 356 g/mol. The standard InChI is InChI=1S/C23H22O5/c1-2-15-25-21-9-6-10-22(16-21)26-17-23(24)28-20-13-11-19(12-14-20)27-18-7-4-3-5-8-18/h3-14,16H,2,15,17H2,1H3. The smallest absolute Gasteiger partial charge is 0.349 e. The van der Waals surface area contributed by atoms with Gasteiger partial charge in [-0.15, -0.1) is 0 Å². The number of benzene rings is 3. The summed E-state index contributed by atoms with van der Waals surface area (Å²) in [6.45, 7) is 2.48. The van der Waals surface area contributed by atoms with Gasteiger partial charge in [0, 0.05) is 6.07 Å². The molecule has 0 heterocycles. The van der Waals surface area contributed by atoms with Gasteiger partial charge in [0.2, 0.25) is 0 Å². The van der Waals surface area contributed by atoms with Gasteiger partial charge in [-0.25, -0.2) is 4.79 Å². The van der Waals surface area contributed by atoms with E-state index in [1.807, 2.05) is 49.4 Å². The van der Waals surface area contributed by atoms with Crippen LogP contribution < -0.4 is 18.9 Å². The predicted molar refractivity (Wildman–Crippen MR) is 106 cm³/mol. The molecule has 0 amide bonds. The highest BCUT2D eigenvalue weighted by molar-refractivity contribution is 5.74. The molecule has 0 radical (unpaired) electrons. The van der Waals surface area contributed by atoms with Gasteiger partial charge in [-0.2, -0.15) is 0 Å². The zero-order valence-electron chi connectivity index (χ0n) is 15.7. The maximum Gasteiger partial charge on any atom is 0.349 e. The Bertz CT molecular complexity index is 875. The average molecular weight is 378 g/mol. The van der Waals surface area contributed by atoms with Crippen LogP contribution in [0.2, 0.25) is 0 Å². The lowest BCUT2D eigenvalue weighted by Gasteiger charge is -2.09. The van der Waals surface area contributed by atoms with Crippen LogP contribution in [0.3, 0.4) is 0 Å². The maximum absolute atomic E-state index is 12.0. The van der Waals surface area contributed by atoms with E-state index in [0.29, 0.717) is 29.6 Å². The van der Waals surface area contributed by atoms with Crippen LogP contribution >= 0.6 is 0 Å². The fourth-order valence-corrected chi connectivity index (χ4v) is 2.38. The molecule has 3 rings (SSSR count). The van der Waals surface area contributed by atoms with Gasteiger partial charge >= 0.3 is 5.97 Å². The van der Waals surface area contributed by atoms with E-state index < -0.39 is 5.97 Å². The van der Waals surface area contributed by atoms with Crippen molar-refractivity contribution in [1.82, 2.24) is 0 Å². The van der Waals surface area contributed by atoms with E-state index in [-0.39, 0.29) is 6.61 Å². The number of para-hydroxylation sites is 1. The van der Waals surface area contributed by atoms with Gasteiger partial charge in [0.05, 0.1) is 6.61 Å². The molecule has 0 bridgehead atoms. The number of ether oxygens (including phenoxy) is 4. The Labute approximate surface area is 164 Å². The molecule has 0 spiro atoms. The van der Waals surface area contributed by atoms with Crippen molar-refractivity contribution >= 4 is 5.97 Å². The van der Waals surface area contributed by atoms with Gasteiger partial charge in [0.15, 0.2) is 6.61 Å². The first-order valence-electron chi connectivity index (χ1n) is 9.12. The minimum Gasteiger partial charge on any atom is -0.493 e. The summed E-state index contributed by atoms with van der Waals surface area (Å²) in [6, 6.07) is 23.5. The lowest BCUT2D eigenvalue weighted by Crippen LogP contribution is -2.17. The quantitative estimate of drug-likeness (QED) is 0.376. The molecular formula is C23H22O5. The van der Waals surface area contributed by atoms with Crippen LogP contribution in [0, 0.1) is 0 Å². The molecule has 5 nitrogen and oxygen atoms in total. The number of esters is 1. The molecule has 0 atom stereocenters. The summed E-state index contributed by atoms with van der Waals surface area (Å²) in [4.78, 5) is 12.0. The third kappa shape index (κ3) is 6.06. The van der Waals surface area contributed by atoms with Crippen molar-refractivity contribution in [2.24, 2.45) is 0 Å². The first kappa shape index (κ1) is 19.3. The van der Waals surface area contributed by atoms with Crippen LogP contribution in [-0.2, 0) is 4.79 Å². The summed E-state index contributed by atoms with van der Waals surface area (Å²) >= 11 is 0. The van der Waals surface area contributed by atoms with E-state index in [2.05, 4.69) is 0 Å². The molecule has 0 aliphatic rings. The van der Waals surface area contributed by atoms with Gasteiger partial charge in [0.1, 0.15) is 28.7 Å². The zero-order chi connectivity index (χ0) is 19.6. The van der Waals surface area contributed by atoms with Crippen molar-refractivity contribution in [1.29, 1.82) is 0 Å². The Hall–Kier alpha value is -3.47. The molecule has 3 aromatic rings. The average Bonchev–Trinajstić information content (AvgIpc) is 2.73. The van der Waals surface area contributed by atoms with Crippen molar-refractivity contribution in [2.75, 3.05) is 13.2 Å². The second-order valence-corrected chi connectivity index (χ2v) is 5.97. The topological polar surface area (TPSA) is 54.0 Å². The normalized spacial score (nSPS) is 10.2. The Morgan fingerprint density at radius 2 is 1.32 bits per heavy atom. The summed E-state index contributed by atoms with van der Waals surface area (Å²) in [5.41, 5.74) is 0. The molecule has 0 aromatic heterocycles. The molecule has 144 valence electrons. The summed E-state index contributed by atoms with van der Waals surface area (Å²) < 4.78 is 22.0. The number of rotatable bonds is 9. The Morgan fingerprint density at radius 3 is 2.04 bits per heavy atom. The van der Waals surface area contributed by atoms with Crippen LogP contribution in [-0.4, -0.2) is 19.2 Å². The molecule has 0 aliphatic heterocycles. The fraction of sp³-hybridized carbons (Fsp3) is 0.174. The molecule has 0 saturated carbocycles. The minimum atomic E-state index is -0.489. The molecule has 0 saturated heterocycles. The van der Waals surface area contributed by atoms with Gasteiger partial charge in [-0.05, 0) is 55.0 Å². The van der Waals surface area contributed by atoms with Crippen molar-refractivity contribution < 1.29 is 23.7 Å². The van der Waals surface area contributed by atoms with Crippen molar-refractivity contribution in [3.05, 3.63) is 78.9 Å². The highest BCUT2D eigenvalue weighted by Gasteiger charge is 2.07. The number of hydrogen-bond acceptors (Lipinski definition) is 5. The minimum absolute atomic E-state index is 0.195. The molecule has 28 heavy (non-hydrogen) atoms.